The lowest BCUT2D eigenvalue weighted by Gasteiger charge is -2.19. The molecule has 0 aliphatic heterocycles. The summed E-state index contributed by atoms with van der Waals surface area (Å²) in [6.45, 7) is 17.6. The van der Waals surface area contributed by atoms with Crippen LogP contribution in [0.5, 0.6) is 0 Å². The number of halogens is 3. The van der Waals surface area contributed by atoms with Gasteiger partial charge in [-0.2, -0.15) is 0 Å². The largest absolute Gasteiger partial charge is 0.387 e. The molecule has 0 radical (unpaired) electrons. The Labute approximate surface area is 363 Å². The van der Waals surface area contributed by atoms with Crippen LogP contribution >= 0.6 is 45.8 Å². The standard InChI is InChI=1S/C21H25ClN4O3S.C19H20ClIN4O2S/c1-13-20(14(2)27)23-25-26(13)19-12-16(22)8-11-18(19)24-30(28,29)17-9-6-15(7-10-17)21(3,4)5;1-12-18(21)22-24-25(12)17-11-14(20)7-10-16(17)23-28(26,27)15-8-5-13(6-9-15)19(2,3)4/h6-12,14,24,27H,1-5H3;5-11,23H,1-4H3. The van der Waals surface area contributed by atoms with Crippen molar-refractivity contribution in [2.24, 2.45) is 0 Å². The van der Waals surface area contributed by atoms with Crippen LogP contribution in [-0.2, 0) is 30.9 Å². The third-order valence-electron chi connectivity index (χ3n) is 9.09. The van der Waals surface area contributed by atoms with Crippen molar-refractivity contribution in [2.75, 3.05) is 9.44 Å². The van der Waals surface area contributed by atoms with Crippen molar-refractivity contribution >= 4 is 77.2 Å². The minimum absolute atomic E-state index is 0.0547. The summed E-state index contributed by atoms with van der Waals surface area (Å²) in [5.74, 6) is 0. The Balaban J connectivity index is 0.000000221. The SMILES string of the molecule is Cc1c(C(C)O)nnn1-c1cc(Cl)ccc1NS(=O)(=O)c1ccc(C(C)(C)C)cc1.Cc1c(I)nnn1-c1cc(Cl)ccc1NS(=O)(=O)c1ccc(C(C)(C)C)cc1. The monoisotopic (exact) mass is 978 g/mol. The zero-order chi connectivity index (χ0) is 43.0. The van der Waals surface area contributed by atoms with Crippen molar-refractivity contribution in [3.63, 3.8) is 0 Å². The van der Waals surface area contributed by atoms with Gasteiger partial charge < -0.3 is 5.11 Å². The number of hydrogen-bond acceptors (Lipinski definition) is 9. The van der Waals surface area contributed by atoms with Crippen LogP contribution in [0.4, 0.5) is 11.4 Å². The predicted octanol–water partition coefficient (Wildman–Crippen LogP) is 9.31. The maximum absolute atomic E-state index is 13.0. The van der Waals surface area contributed by atoms with Crippen molar-refractivity contribution < 1.29 is 21.9 Å². The van der Waals surface area contributed by atoms with Crippen molar-refractivity contribution in [2.45, 2.75) is 89.0 Å². The van der Waals surface area contributed by atoms with Gasteiger partial charge >= 0.3 is 0 Å². The van der Waals surface area contributed by atoms with E-state index in [1.165, 1.54) is 4.68 Å². The minimum Gasteiger partial charge on any atom is -0.387 e. The van der Waals surface area contributed by atoms with E-state index >= 15 is 0 Å². The summed E-state index contributed by atoms with van der Waals surface area (Å²) in [5, 5.41) is 26.9. The normalized spacial score (nSPS) is 12.8. The summed E-state index contributed by atoms with van der Waals surface area (Å²) in [6.07, 6.45) is -0.806. The number of benzene rings is 4. The number of sulfonamides is 2. The summed E-state index contributed by atoms with van der Waals surface area (Å²) >= 11 is 14.4. The molecule has 6 aromatic rings. The molecule has 13 nitrogen and oxygen atoms in total. The molecule has 308 valence electrons. The first kappa shape index (κ1) is 45.0. The van der Waals surface area contributed by atoms with Gasteiger partial charge in [0.15, 0.2) is 0 Å². The molecule has 0 saturated carbocycles. The van der Waals surface area contributed by atoms with Gasteiger partial charge in [0, 0.05) is 10.0 Å². The molecule has 0 aliphatic carbocycles. The average molecular weight is 980 g/mol. The number of aliphatic hydroxyl groups excluding tert-OH is 1. The van der Waals surface area contributed by atoms with Crippen LogP contribution in [0.1, 0.15) is 82.8 Å². The van der Waals surface area contributed by atoms with Gasteiger partial charge in [0.2, 0.25) is 0 Å². The molecule has 0 aliphatic rings. The highest BCUT2D eigenvalue weighted by Crippen LogP contribution is 2.31. The highest BCUT2D eigenvalue weighted by molar-refractivity contribution is 14.1. The van der Waals surface area contributed by atoms with Gasteiger partial charge in [-0.3, -0.25) is 9.44 Å². The molecule has 18 heteroatoms. The van der Waals surface area contributed by atoms with Crippen molar-refractivity contribution in [3.05, 3.63) is 127 Å². The highest BCUT2D eigenvalue weighted by atomic mass is 127. The van der Waals surface area contributed by atoms with Crippen LogP contribution < -0.4 is 9.44 Å². The summed E-state index contributed by atoms with van der Waals surface area (Å²) in [4.78, 5) is 0.336. The highest BCUT2D eigenvalue weighted by Gasteiger charge is 2.23. The number of nitrogens with zero attached hydrogens (tertiary/aromatic N) is 6. The van der Waals surface area contributed by atoms with Gasteiger partial charge in [-0.15, -0.1) is 10.2 Å². The number of nitrogens with one attached hydrogen (secondary N) is 2. The predicted molar refractivity (Wildman–Crippen MR) is 237 cm³/mol. The Morgan fingerprint density at radius 1 is 0.638 bits per heavy atom. The van der Waals surface area contributed by atoms with E-state index in [1.54, 1.807) is 79.2 Å². The van der Waals surface area contributed by atoms with E-state index in [1.807, 2.05) is 31.2 Å². The molecule has 0 amide bonds. The van der Waals surface area contributed by atoms with Crippen molar-refractivity contribution in [1.82, 2.24) is 30.0 Å². The number of aliphatic hydroxyl groups is 1. The van der Waals surface area contributed by atoms with Crippen LogP contribution in [0.2, 0.25) is 10.0 Å². The maximum atomic E-state index is 13.0. The van der Waals surface area contributed by atoms with E-state index in [2.05, 4.69) is 94.2 Å². The second-order valence-corrected chi connectivity index (χ2v) is 20.9. The zero-order valence-corrected chi connectivity index (χ0v) is 38.7. The van der Waals surface area contributed by atoms with Crippen LogP contribution in [-0.4, -0.2) is 51.9 Å². The second kappa shape index (κ2) is 17.3. The zero-order valence-electron chi connectivity index (χ0n) is 33.4. The molecule has 6 rings (SSSR count). The summed E-state index contributed by atoms with van der Waals surface area (Å²) in [5.41, 5.74) is 5.33. The van der Waals surface area contributed by atoms with Gasteiger partial charge in [-0.25, -0.2) is 26.2 Å². The molecule has 0 saturated heterocycles. The first-order valence-corrected chi connectivity index (χ1v) is 22.7. The van der Waals surface area contributed by atoms with E-state index in [9.17, 15) is 21.9 Å². The Morgan fingerprint density at radius 2 is 1.02 bits per heavy atom. The average Bonchev–Trinajstić information content (AvgIpc) is 3.69. The van der Waals surface area contributed by atoms with Crippen molar-refractivity contribution in [3.8, 4) is 11.4 Å². The Hall–Kier alpha value is -4.07. The fourth-order valence-corrected chi connectivity index (χ4v) is 8.51. The second-order valence-electron chi connectivity index (χ2n) is 15.6. The topological polar surface area (TPSA) is 174 Å². The van der Waals surface area contributed by atoms with Crippen LogP contribution in [0.3, 0.4) is 0 Å². The minimum atomic E-state index is -3.85. The molecule has 1 unspecified atom stereocenters. The maximum Gasteiger partial charge on any atom is 0.261 e. The first-order valence-electron chi connectivity index (χ1n) is 17.9. The molecule has 0 bridgehead atoms. The van der Waals surface area contributed by atoms with Crippen LogP contribution in [0.15, 0.2) is 94.7 Å². The van der Waals surface area contributed by atoms with Gasteiger partial charge in [0.25, 0.3) is 20.0 Å². The lowest BCUT2D eigenvalue weighted by Crippen LogP contribution is -2.16. The number of hydrogen-bond donors (Lipinski definition) is 3. The fourth-order valence-electron chi connectivity index (χ4n) is 5.70. The molecule has 0 fully saturated rings. The van der Waals surface area contributed by atoms with Gasteiger partial charge in [0.1, 0.15) is 9.39 Å². The van der Waals surface area contributed by atoms with Crippen molar-refractivity contribution in [1.29, 1.82) is 0 Å². The lowest BCUT2D eigenvalue weighted by atomic mass is 9.87. The van der Waals surface area contributed by atoms with E-state index in [-0.39, 0.29) is 20.6 Å². The lowest BCUT2D eigenvalue weighted by molar-refractivity contribution is 0.193. The Kier molecular flexibility index (Phi) is 13.4. The van der Waals surface area contributed by atoms with Gasteiger partial charge in [-0.1, -0.05) is 99.4 Å². The molecule has 58 heavy (non-hydrogen) atoms. The van der Waals surface area contributed by atoms with Crippen LogP contribution in [0, 0.1) is 17.5 Å². The van der Waals surface area contributed by atoms with Gasteiger partial charge in [-0.05, 0) is 126 Å². The first-order chi connectivity index (χ1) is 26.9. The summed E-state index contributed by atoms with van der Waals surface area (Å²) < 4.78 is 60.9. The third kappa shape index (κ3) is 10.4. The Morgan fingerprint density at radius 3 is 1.34 bits per heavy atom. The molecule has 3 N–H and O–H groups in total. The summed E-state index contributed by atoms with van der Waals surface area (Å²) in [6, 6.07) is 23.4. The van der Waals surface area contributed by atoms with Gasteiger partial charge in [0.05, 0.1) is 50.0 Å². The molecule has 2 heterocycles. The number of rotatable bonds is 9. The van der Waals surface area contributed by atoms with E-state index in [0.29, 0.717) is 44.2 Å². The number of anilines is 2. The van der Waals surface area contributed by atoms with E-state index in [0.717, 1.165) is 20.5 Å². The molecular formula is C40H45Cl2IN8O5S2. The molecular weight excluding hydrogens is 934 g/mol. The summed E-state index contributed by atoms with van der Waals surface area (Å²) in [7, 11) is -7.63. The quantitative estimate of drug-likeness (QED) is 0.119. The Bertz CT molecular complexity index is 2650. The smallest absolute Gasteiger partial charge is 0.261 e. The van der Waals surface area contributed by atoms with E-state index < -0.39 is 26.2 Å². The number of aromatic nitrogens is 6. The third-order valence-corrected chi connectivity index (χ3v) is 13.3. The fraction of sp³-hybridized carbons (Fsp3) is 0.300. The van der Waals surface area contributed by atoms with Crippen LogP contribution in [0.25, 0.3) is 11.4 Å². The molecule has 0 spiro atoms. The van der Waals surface area contributed by atoms with E-state index in [4.69, 9.17) is 23.2 Å². The molecule has 4 aromatic carbocycles. The molecule has 2 aromatic heterocycles. The molecule has 1 atom stereocenters.